The van der Waals surface area contributed by atoms with E-state index in [2.05, 4.69) is 5.32 Å². The zero-order valence-electron chi connectivity index (χ0n) is 12.2. The summed E-state index contributed by atoms with van der Waals surface area (Å²) in [5.41, 5.74) is 1.37. The zero-order chi connectivity index (χ0) is 15.5. The van der Waals surface area contributed by atoms with Gasteiger partial charge in [-0.05, 0) is 29.6 Å². The maximum atomic E-state index is 12.0. The molecule has 2 amide bonds. The quantitative estimate of drug-likeness (QED) is 0.947. The SMILES string of the molecule is CC(=O)N1CCOc2ccc(NC(=O)Cc3cccs3)cc21. The molecule has 5 nitrogen and oxygen atoms in total. The Morgan fingerprint density at radius 2 is 2.23 bits per heavy atom. The van der Waals surface area contributed by atoms with Crippen molar-refractivity contribution in [2.45, 2.75) is 13.3 Å². The van der Waals surface area contributed by atoms with Crippen LogP contribution in [0, 0.1) is 0 Å². The Labute approximate surface area is 132 Å². The van der Waals surface area contributed by atoms with Crippen molar-refractivity contribution < 1.29 is 14.3 Å². The third-order valence-electron chi connectivity index (χ3n) is 3.40. The Balaban J connectivity index is 1.76. The predicted molar refractivity (Wildman–Crippen MR) is 86.6 cm³/mol. The van der Waals surface area contributed by atoms with Gasteiger partial charge in [-0.15, -0.1) is 11.3 Å². The summed E-state index contributed by atoms with van der Waals surface area (Å²) in [4.78, 5) is 26.4. The Kier molecular flexibility index (Phi) is 4.11. The first-order chi connectivity index (χ1) is 10.6. The fraction of sp³-hybridized carbons (Fsp3) is 0.250. The zero-order valence-corrected chi connectivity index (χ0v) is 13.0. The first kappa shape index (κ1) is 14.6. The number of hydrogen-bond donors (Lipinski definition) is 1. The van der Waals surface area contributed by atoms with Gasteiger partial charge in [0.25, 0.3) is 0 Å². The van der Waals surface area contributed by atoms with Gasteiger partial charge in [0.05, 0.1) is 18.7 Å². The van der Waals surface area contributed by atoms with Crippen LogP contribution in [-0.2, 0) is 16.0 Å². The molecule has 0 saturated heterocycles. The molecule has 0 unspecified atom stereocenters. The minimum Gasteiger partial charge on any atom is -0.490 e. The molecule has 0 atom stereocenters. The fourth-order valence-electron chi connectivity index (χ4n) is 2.40. The lowest BCUT2D eigenvalue weighted by Gasteiger charge is -2.29. The van der Waals surface area contributed by atoms with Gasteiger partial charge in [-0.25, -0.2) is 0 Å². The summed E-state index contributed by atoms with van der Waals surface area (Å²) in [6.07, 6.45) is 0.349. The van der Waals surface area contributed by atoms with Crippen LogP contribution in [0.1, 0.15) is 11.8 Å². The number of rotatable bonds is 3. The first-order valence-electron chi connectivity index (χ1n) is 7.00. The molecule has 0 radical (unpaired) electrons. The maximum Gasteiger partial charge on any atom is 0.229 e. The van der Waals surface area contributed by atoms with Crippen molar-refractivity contribution in [2.24, 2.45) is 0 Å². The molecule has 3 rings (SSSR count). The van der Waals surface area contributed by atoms with Gasteiger partial charge in [0, 0.05) is 17.5 Å². The minimum atomic E-state index is -0.0755. The average Bonchev–Trinajstić information content (AvgIpc) is 2.99. The number of nitrogens with zero attached hydrogens (tertiary/aromatic N) is 1. The second-order valence-electron chi connectivity index (χ2n) is 5.01. The molecule has 0 saturated carbocycles. The smallest absolute Gasteiger partial charge is 0.229 e. The van der Waals surface area contributed by atoms with Crippen molar-refractivity contribution in [3.63, 3.8) is 0 Å². The Hall–Kier alpha value is -2.34. The first-order valence-corrected chi connectivity index (χ1v) is 7.88. The van der Waals surface area contributed by atoms with Crippen molar-refractivity contribution in [3.05, 3.63) is 40.6 Å². The van der Waals surface area contributed by atoms with Crippen LogP contribution in [0.3, 0.4) is 0 Å². The maximum absolute atomic E-state index is 12.0. The highest BCUT2D eigenvalue weighted by molar-refractivity contribution is 7.10. The Bertz CT molecular complexity index is 697. The molecule has 1 aliphatic heterocycles. The number of benzene rings is 1. The molecule has 2 aromatic rings. The van der Waals surface area contributed by atoms with E-state index >= 15 is 0 Å². The van der Waals surface area contributed by atoms with Crippen LogP contribution < -0.4 is 15.0 Å². The summed E-state index contributed by atoms with van der Waals surface area (Å²) >= 11 is 1.56. The number of nitrogens with one attached hydrogen (secondary N) is 1. The number of carbonyl (C=O) groups is 2. The third kappa shape index (κ3) is 3.12. The summed E-state index contributed by atoms with van der Waals surface area (Å²) in [6.45, 7) is 2.53. The monoisotopic (exact) mass is 316 g/mol. The molecule has 114 valence electrons. The highest BCUT2D eigenvalue weighted by Gasteiger charge is 2.21. The van der Waals surface area contributed by atoms with Gasteiger partial charge in [-0.2, -0.15) is 0 Å². The van der Waals surface area contributed by atoms with E-state index < -0.39 is 0 Å². The summed E-state index contributed by atoms with van der Waals surface area (Å²) in [5.74, 6) is 0.554. The number of fused-ring (bicyclic) bond motifs is 1. The number of ether oxygens (including phenoxy) is 1. The normalized spacial score (nSPS) is 13.2. The van der Waals surface area contributed by atoms with Crippen molar-refractivity contribution in [3.8, 4) is 5.75 Å². The molecule has 1 aromatic heterocycles. The minimum absolute atomic E-state index is 0.0355. The summed E-state index contributed by atoms with van der Waals surface area (Å²) in [5, 5.41) is 4.81. The number of hydrogen-bond acceptors (Lipinski definition) is 4. The molecule has 0 bridgehead atoms. The molecule has 0 fully saturated rings. The van der Waals surface area contributed by atoms with E-state index in [9.17, 15) is 9.59 Å². The van der Waals surface area contributed by atoms with Crippen molar-refractivity contribution in [1.29, 1.82) is 0 Å². The Morgan fingerprint density at radius 1 is 1.36 bits per heavy atom. The van der Waals surface area contributed by atoms with Gasteiger partial charge in [0.1, 0.15) is 12.4 Å². The number of amides is 2. The molecule has 6 heteroatoms. The van der Waals surface area contributed by atoms with E-state index in [0.29, 0.717) is 36.7 Å². The topological polar surface area (TPSA) is 58.6 Å². The molecule has 0 spiro atoms. The average molecular weight is 316 g/mol. The van der Waals surface area contributed by atoms with Crippen molar-refractivity contribution in [1.82, 2.24) is 0 Å². The summed E-state index contributed by atoms with van der Waals surface area (Å²) < 4.78 is 5.54. The molecule has 1 aliphatic rings. The molecule has 2 heterocycles. The number of anilines is 2. The van der Waals surface area contributed by atoms with E-state index in [1.54, 1.807) is 34.4 Å². The lowest BCUT2D eigenvalue weighted by atomic mass is 10.2. The molecule has 1 N–H and O–H groups in total. The van der Waals surface area contributed by atoms with Crippen LogP contribution in [0.2, 0.25) is 0 Å². The van der Waals surface area contributed by atoms with Crippen molar-refractivity contribution in [2.75, 3.05) is 23.4 Å². The third-order valence-corrected chi connectivity index (χ3v) is 4.28. The van der Waals surface area contributed by atoms with Crippen LogP contribution in [0.25, 0.3) is 0 Å². The molecule has 1 aromatic carbocycles. The van der Waals surface area contributed by atoms with E-state index in [4.69, 9.17) is 4.74 Å². The Morgan fingerprint density at radius 3 is 2.95 bits per heavy atom. The molecule has 0 aliphatic carbocycles. The second-order valence-corrected chi connectivity index (χ2v) is 6.04. The van der Waals surface area contributed by atoms with Crippen LogP contribution in [0.4, 0.5) is 11.4 Å². The van der Waals surface area contributed by atoms with E-state index in [0.717, 1.165) is 4.88 Å². The molecular formula is C16H16N2O3S. The molecule has 22 heavy (non-hydrogen) atoms. The lowest BCUT2D eigenvalue weighted by molar-refractivity contribution is -0.117. The summed E-state index contributed by atoms with van der Waals surface area (Å²) in [6, 6.07) is 9.21. The fourth-order valence-corrected chi connectivity index (χ4v) is 3.10. The number of carbonyl (C=O) groups excluding carboxylic acids is 2. The lowest BCUT2D eigenvalue weighted by Crippen LogP contribution is -2.36. The number of thiophene rings is 1. The van der Waals surface area contributed by atoms with Gasteiger partial charge < -0.3 is 15.0 Å². The van der Waals surface area contributed by atoms with Gasteiger partial charge >= 0.3 is 0 Å². The molecular weight excluding hydrogens is 300 g/mol. The standard InChI is InChI=1S/C16H16N2O3S/c1-11(19)18-6-7-21-15-5-4-12(9-14(15)18)17-16(20)10-13-3-2-8-22-13/h2-5,8-9H,6-7,10H2,1H3,(H,17,20). The van der Waals surface area contributed by atoms with Crippen molar-refractivity contribution >= 4 is 34.5 Å². The van der Waals surface area contributed by atoms with Gasteiger partial charge in [-0.1, -0.05) is 6.07 Å². The largest absolute Gasteiger partial charge is 0.490 e. The van der Waals surface area contributed by atoms with Crippen LogP contribution in [0.15, 0.2) is 35.7 Å². The van der Waals surface area contributed by atoms with Crippen LogP contribution in [0.5, 0.6) is 5.75 Å². The predicted octanol–water partition coefficient (Wildman–Crippen LogP) is 2.67. The summed E-state index contributed by atoms with van der Waals surface area (Å²) in [7, 11) is 0. The van der Waals surface area contributed by atoms with Crippen LogP contribution in [-0.4, -0.2) is 25.0 Å². The van der Waals surface area contributed by atoms with E-state index in [1.165, 1.54) is 6.92 Å². The highest BCUT2D eigenvalue weighted by atomic mass is 32.1. The van der Waals surface area contributed by atoms with Gasteiger partial charge in [-0.3, -0.25) is 9.59 Å². The highest BCUT2D eigenvalue weighted by Crippen LogP contribution is 2.34. The second kappa shape index (κ2) is 6.19. The van der Waals surface area contributed by atoms with Crippen LogP contribution >= 0.6 is 11.3 Å². The van der Waals surface area contributed by atoms with Gasteiger partial charge in [0.2, 0.25) is 11.8 Å². The van der Waals surface area contributed by atoms with E-state index in [-0.39, 0.29) is 11.8 Å². The van der Waals surface area contributed by atoms with E-state index in [1.807, 2.05) is 17.5 Å². The van der Waals surface area contributed by atoms with Gasteiger partial charge in [0.15, 0.2) is 0 Å².